The number of rotatable bonds is 4. The molecule has 0 aromatic heterocycles. The molecule has 2 rings (SSSR count). The van der Waals surface area contributed by atoms with Gasteiger partial charge in [0.05, 0.1) is 5.02 Å². The Kier molecular flexibility index (Phi) is 5.14. The first-order valence-corrected chi connectivity index (χ1v) is 7.99. The average molecular weight is 306 g/mol. The van der Waals surface area contributed by atoms with Crippen molar-refractivity contribution in [2.75, 3.05) is 0 Å². The molecule has 2 N–H and O–H groups in total. The summed E-state index contributed by atoms with van der Waals surface area (Å²) in [5, 5.41) is 0.762. The Bertz CT molecular complexity index is 576. The number of nitrogens with two attached hydrogens (primary N) is 1. The number of halogens is 1. The third kappa shape index (κ3) is 3.78. The van der Waals surface area contributed by atoms with Gasteiger partial charge in [-0.2, -0.15) is 0 Å². The van der Waals surface area contributed by atoms with E-state index in [2.05, 4.69) is 38.1 Å². The summed E-state index contributed by atoms with van der Waals surface area (Å²) in [6.07, 6.45) is 0. The summed E-state index contributed by atoms with van der Waals surface area (Å²) in [5.74, 6) is 0.558. The van der Waals surface area contributed by atoms with Gasteiger partial charge in [-0.05, 0) is 48.2 Å². The molecular formula is C17H20ClNS. The van der Waals surface area contributed by atoms with Crippen LogP contribution in [0.4, 0.5) is 0 Å². The van der Waals surface area contributed by atoms with E-state index >= 15 is 0 Å². The average Bonchev–Trinajstić information content (AvgIpc) is 2.41. The van der Waals surface area contributed by atoms with Gasteiger partial charge in [-0.25, -0.2) is 0 Å². The first kappa shape index (κ1) is 15.4. The first-order valence-electron chi connectivity index (χ1n) is 6.80. The zero-order chi connectivity index (χ0) is 14.7. The molecule has 0 bridgehead atoms. The van der Waals surface area contributed by atoms with Crippen molar-refractivity contribution in [1.82, 2.24) is 0 Å². The van der Waals surface area contributed by atoms with E-state index in [1.807, 2.05) is 25.1 Å². The predicted octanol–water partition coefficient (Wildman–Crippen LogP) is 5.63. The van der Waals surface area contributed by atoms with Gasteiger partial charge in [0.1, 0.15) is 0 Å². The quantitative estimate of drug-likeness (QED) is 0.791. The molecule has 0 saturated carbocycles. The minimum Gasteiger partial charge on any atom is -0.324 e. The molecule has 1 unspecified atom stereocenters. The molecule has 0 radical (unpaired) electrons. The van der Waals surface area contributed by atoms with Crippen LogP contribution in [0.2, 0.25) is 5.02 Å². The lowest BCUT2D eigenvalue weighted by Crippen LogP contribution is -2.04. The van der Waals surface area contributed by atoms with Crippen LogP contribution in [0.3, 0.4) is 0 Å². The Balaban J connectivity index is 2.17. The summed E-state index contributed by atoms with van der Waals surface area (Å²) in [5.41, 5.74) is 8.28. The maximum atomic E-state index is 6.33. The molecule has 0 saturated heterocycles. The van der Waals surface area contributed by atoms with Crippen molar-refractivity contribution in [3.05, 3.63) is 58.6 Å². The van der Waals surface area contributed by atoms with Crippen LogP contribution in [-0.4, -0.2) is 0 Å². The van der Waals surface area contributed by atoms with E-state index in [0.717, 1.165) is 15.5 Å². The van der Waals surface area contributed by atoms with Crippen molar-refractivity contribution in [3.8, 4) is 0 Å². The lowest BCUT2D eigenvalue weighted by atomic mass is 10.0. The van der Waals surface area contributed by atoms with Gasteiger partial charge in [-0.3, -0.25) is 0 Å². The summed E-state index contributed by atoms with van der Waals surface area (Å²) in [4.78, 5) is 2.26. The fourth-order valence-electron chi connectivity index (χ4n) is 1.93. The maximum Gasteiger partial charge on any atom is 0.0548 e. The highest BCUT2D eigenvalue weighted by Gasteiger charge is 2.07. The molecule has 2 aromatic rings. The summed E-state index contributed by atoms with van der Waals surface area (Å²) in [6, 6.07) is 14.7. The first-order chi connectivity index (χ1) is 9.47. The van der Waals surface area contributed by atoms with Gasteiger partial charge in [0, 0.05) is 15.8 Å². The van der Waals surface area contributed by atoms with Crippen LogP contribution < -0.4 is 5.73 Å². The Morgan fingerprint density at radius 3 is 2.05 bits per heavy atom. The number of hydrogen-bond donors (Lipinski definition) is 1. The molecule has 0 fully saturated rings. The highest BCUT2D eigenvalue weighted by molar-refractivity contribution is 7.99. The zero-order valence-corrected chi connectivity index (χ0v) is 13.6. The Morgan fingerprint density at radius 1 is 0.950 bits per heavy atom. The smallest absolute Gasteiger partial charge is 0.0548 e. The van der Waals surface area contributed by atoms with Gasteiger partial charge in [-0.15, -0.1) is 0 Å². The fourth-order valence-corrected chi connectivity index (χ4v) is 3.05. The van der Waals surface area contributed by atoms with Crippen LogP contribution in [0.1, 0.15) is 43.9 Å². The van der Waals surface area contributed by atoms with Crippen molar-refractivity contribution in [2.24, 2.45) is 5.73 Å². The normalized spacial score (nSPS) is 12.7. The summed E-state index contributed by atoms with van der Waals surface area (Å²) in [7, 11) is 0. The highest BCUT2D eigenvalue weighted by Crippen LogP contribution is 2.35. The molecule has 1 atom stereocenters. The molecule has 0 aliphatic rings. The van der Waals surface area contributed by atoms with E-state index in [-0.39, 0.29) is 6.04 Å². The molecule has 106 valence electrons. The highest BCUT2D eigenvalue weighted by atomic mass is 35.5. The van der Waals surface area contributed by atoms with Gasteiger partial charge in [-0.1, -0.05) is 55.4 Å². The molecule has 0 amide bonds. The monoisotopic (exact) mass is 305 g/mol. The maximum absolute atomic E-state index is 6.33. The van der Waals surface area contributed by atoms with E-state index in [1.54, 1.807) is 11.8 Å². The zero-order valence-electron chi connectivity index (χ0n) is 12.1. The summed E-state index contributed by atoms with van der Waals surface area (Å²) < 4.78 is 0. The molecule has 0 aliphatic carbocycles. The molecule has 0 heterocycles. The lowest BCUT2D eigenvalue weighted by Gasteiger charge is -2.10. The molecule has 2 aromatic carbocycles. The van der Waals surface area contributed by atoms with E-state index < -0.39 is 0 Å². The van der Waals surface area contributed by atoms with Crippen LogP contribution in [-0.2, 0) is 0 Å². The van der Waals surface area contributed by atoms with Crippen molar-refractivity contribution >= 4 is 23.4 Å². The van der Waals surface area contributed by atoms with Crippen molar-refractivity contribution in [1.29, 1.82) is 0 Å². The third-order valence-corrected chi connectivity index (χ3v) is 4.76. The molecule has 0 spiro atoms. The second kappa shape index (κ2) is 6.66. The third-order valence-electron chi connectivity index (χ3n) is 3.26. The van der Waals surface area contributed by atoms with Crippen molar-refractivity contribution in [2.45, 2.75) is 42.5 Å². The molecule has 20 heavy (non-hydrogen) atoms. The van der Waals surface area contributed by atoms with E-state index in [1.165, 1.54) is 10.5 Å². The number of hydrogen-bond acceptors (Lipinski definition) is 2. The Morgan fingerprint density at radius 2 is 1.55 bits per heavy atom. The summed E-state index contributed by atoms with van der Waals surface area (Å²) in [6.45, 7) is 6.36. The van der Waals surface area contributed by atoms with E-state index in [4.69, 9.17) is 17.3 Å². The van der Waals surface area contributed by atoms with Gasteiger partial charge in [0.2, 0.25) is 0 Å². The SMILES string of the molecule is CC(C)c1ccc(Sc2ccc(C(C)N)cc2Cl)cc1. The fraction of sp³-hybridized carbons (Fsp3) is 0.294. The largest absolute Gasteiger partial charge is 0.324 e. The van der Waals surface area contributed by atoms with Crippen LogP contribution in [0, 0.1) is 0 Å². The summed E-state index contributed by atoms with van der Waals surface area (Å²) >= 11 is 8.01. The van der Waals surface area contributed by atoms with Crippen LogP contribution in [0.25, 0.3) is 0 Å². The topological polar surface area (TPSA) is 26.0 Å². The van der Waals surface area contributed by atoms with Crippen molar-refractivity contribution in [3.63, 3.8) is 0 Å². The van der Waals surface area contributed by atoms with E-state index in [9.17, 15) is 0 Å². The second-order valence-electron chi connectivity index (χ2n) is 5.30. The standard InChI is InChI=1S/C17H20ClNS/c1-11(2)13-4-7-15(8-5-13)20-17-9-6-14(12(3)19)10-16(17)18/h4-12H,19H2,1-3H3. The van der Waals surface area contributed by atoms with E-state index in [0.29, 0.717) is 5.92 Å². The second-order valence-corrected chi connectivity index (χ2v) is 6.83. The predicted molar refractivity (Wildman–Crippen MR) is 88.7 cm³/mol. The molecule has 1 nitrogen and oxygen atoms in total. The van der Waals surface area contributed by atoms with Gasteiger partial charge >= 0.3 is 0 Å². The Labute approximate surface area is 130 Å². The minimum absolute atomic E-state index is 0.0110. The van der Waals surface area contributed by atoms with Gasteiger partial charge < -0.3 is 5.73 Å². The van der Waals surface area contributed by atoms with Crippen LogP contribution in [0.5, 0.6) is 0 Å². The van der Waals surface area contributed by atoms with Crippen LogP contribution >= 0.6 is 23.4 Å². The van der Waals surface area contributed by atoms with Gasteiger partial charge in [0.25, 0.3) is 0 Å². The molecular weight excluding hydrogens is 286 g/mol. The lowest BCUT2D eigenvalue weighted by molar-refractivity contribution is 0.817. The Hall–Kier alpha value is -0.960. The molecule has 3 heteroatoms. The van der Waals surface area contributed by atoms with Crippen LogP contribution in [0.15, 0.2) is 52.3 Å². The minimum atomic E-state index is 0.0110. The molecule has 0 aliphatic heterocycles. The number of benzene rings is 2. The van der Waals surface area contributed by atoms with Crippen molar-refractivity contribution < 1.29 is 0 Å². The van der Waals surface area contributed by atoms with Gasteiger partial charge in [0.15, 0.2) is 0 Å².